The van der Waals surface area contributed by atoms with Crippen LogP contribution in [-0.4, -0.2) is 53.8 Å². The van der Waals surface area contributed by atoms with Crippen LogP contribution in [0.25, 0.3) is 21.9 Å². The monoisotopic (exact) mass is 409 g/mol. The summed E-state index contributed by atoms with van der Waals surface area (Å²) in [7, 11) is 0. The summed E-state index contributed by atoms with van der Waals surface area (Å²) >= 11 is 1.58. The van der Waals surface area contributed by atoms with Gasteiger partial charge in [-0.25, -0.2) is 15.0 Å². The van der Waals surface area contributed by atoms with E-state index >= 15 is 0 Å². The zero-order chi connectivity index (χ0) is 20.0. The van der Waals surface area contributed by atoms with Gasteiger partial charge in [0.05, 0.1) is 12.4 Å². The highest BCUT2D eigenvalue weighted by atomic mass is 32.2. The molecule has 4 atom stereocenters. The highest BCUT2D eigenvalue weighted by Crippen LogP contribution is 2.35. The van der Waals surface area contributed by atoms with Crippen LogP contribution in [0.2, 0.25) is 0 Å². The van der Waals surface area contributed by atoms with Crippen molar-refractivity contribution in [1.82, 2.24) is 19.5 Å². The minimum atomic E-state index is -1.11. The number of benzene rings is 2. The van der Waals surface area contributed by atoms with Gasteiger partial charge in [-0.15, -0.1) is 11.8 Å². The first-order chi connectivity index (χ1) is 14.1. The number of thioether (sulfide) groups is 1. The molecule has 0 amide bonds. The molecule has 1 fully saturated rings. The summed E-state index contributed by atoms with van der Waals surface area (Å²) in [4.78, 5) is 13.4. The van der Waals surface area contributed by atoms with Crippen molar-refractivity contribution in [2.75, 3.05) is 11.5 Å². The average Bonchev–Trinajstić information content (AvgIpc) is 3.29. The number of nitrogen functional groups attached to an aromatic ring is 1. The van der Waals surface area contributed by atoms with Crippen molar-refractivity contribution in [2.24, 2.45) is 0 Å². The normalized spacial score (nSPS) is 24.5. The third-order valence-corrected chi connectivity index (χ3v) is 6.22. The molecule has 2 aromatic carbocycles. The first-order valence-corrected chi connectivity index (χ1v) is 10.2. The van der Waals surface area contributed by atoms with E-state index in [4.69, 9.17) is 10.5 Å². The third kappa shape index (κ3) is 3.22. The van der Waals surface area contributed by atoms with Crippen LogP contribution < -0.4 is 5.73 Å². The fraction of sp³-hybridized carbons (Fsp3) is 0.250. The van der Waals surface area contributed by atoms with E-state index < -0.39 is 24.5 Å². The molecule has 4 aromatic rings. The fourth-order valence-corrected chi connectivity index (χ4v) is 4.60. The number of fused-ring (bicyclic) bond motifs is 2. The van der Waals surface area contributed by atoms with Gasteiger partial charge in [0.25, 0.3) is 0 Å². The molecule has 5 rings (SSSR count). The molecule has 0 aliphatic carbocycles. The number of aromatic nitrogens is 4. The molecule has 9 heteroatoms. The second-order valence-electron chi connectivity index (χ2n) is 6.95. The Labute approximate surface area is 170 Å². The molecule has 3 heterocycles. The highest BCUT2D eigenvalue weighted by Gasteiger charge is 2.44. The lowest BCUT2D eigenvalue weighted by Crippen LogP contribution is -2.32. The molecule has 0 saturated carbocycles. The largest absolute Gasteiger partial charge is 0.387 e. The maximum atomic E-state index is 10.6. The Morgan fingerprint density at radius 2 is 1.86 bits per heavy atom. The van der Waals surface area contributed by atoms with Crippen LogP contribution in [0.4, 0.5) is 5.82 Å². The molecule has 0 bridgehead atoms. The van der Waals surface area contributed by atoms with Crippen LogP contribution in [0.1, 0.15) is 6.23 Å². The lowest BCUT2D eigenvalue weighted by Gasteiger charge is -2.16. The van der Waals surface area contributed by atoms with Gasteiger partial charge in [0.2, 0.25) is 0 Å². The van der Waals surface area contributed by atoms with Crippen molar-refractivity contribution in [3.05, 3.63) is 55.1 Å². The average molecular weight is 409 g/mol. The Morgan fingerprint density at radius 1 is 1.03 bits per heavy atom. The number of anilines is 1. The lowest BCUT2D eigenvalue weighted by atomic mass is 10.1. The van der Waals surface area contributed by atoms with Crippen molar-refractivity contribution in [3.8, 4) is 0 Å². The minimum absolute atomic E-state index is 0.255. The number of ether oxygens (including phenoxy) is 1. The summed E-state index contributed by atoms with van der Waals surface area (Å²) in [6, 6.07) is 14.4. The van der Waals surface area contributed by atoms with Gasteiger partial charge >= 0.3 is 0 Å². The van der Waals surface area contributed by atoms with Crippen LogP contribution in [0.5, 0.6) is 0 Å². The van der Waals surface area contributed by atoms with Gasteiger partial charge < -0.3 is 20.7 Å². The highest BCUT2D eigenvalue weighted by molar-refractivity contribution is 7.99. The second-order valence-corrected chi connectivity index (χ2v) is 8.04. The van der Waals surface area contributed by atoms with E-state index in [2.05, 4.69) is 39.2 Å². The Bertz CT molecular complexity index is 1180. The quantitative estimate of drug-likeness (QED) is 0.438. The molecular weight excluding hydrogens is 390 g/mol. The van der Waals surface area contributed by atoms with E-state index in [1.807, 2.05) is 18.2 Å². The van der Waals surface area contributed by atoms with Crippen LogP contribution >= 0.6 is 11.8 Å². The van der Waals surface area contributed by atoms with E-state index in [1.165, 1.54) is 18.0 Å². The van der Waals surface area contributed by atoms with Crippen molar-refractivity contribution in [1.29, 1.82) is 0 Å². The lowest BCUT2D eigenvalue weighted by molar-refractivity contribution is -0.0289. The fourth-order valence-electron chi connectivity index (χ4n) is 3.59. The predicted octanol–water partition coefficient (Wildman–Crippen LogP) is 1.97. The Balaban J connectivity index is 1.34. The number of aliphatic hydroxyl groups excluding tert-OH is 2. The van der Waals surface area contributed by atoms with E-state index in [9.17, 15) is 10.2 Å². The van der Waals surface area contributed by atoms with Gasteiger partial charge in [-0.05, 0) is 22.9 Å². The van der Waals surface area contributed by atoms with Gasteiger partial charge in [0.15, 0.2) is 17.7 Å². The van der Waals surface area contributed by atoms with Gasteiger partial charge in [0.1, 0.15) is 24.1 Å². The number of nitrogens with two attached hydrogens (primary N) is 1. The maximum Gasteiger partial charge on any atom is 0.167 e. The zero-order valence-electron chi connectivity index (χ0n) is 15.3. The van der Waals surface area contributed by atoms with E-state index in [1.54, 1.807) is 16.3 Å². The topological polar surface area (TPSA) is 119 Å². The van der Waals surface area contributed by atoms with E-state index in [0.717, 1.165) is 10.3 Å². The molecule has 1 aliphatic rings. The second kappa shape index (κ2) is 7.27. The maximum absolute atomic E-state index is 10.6. The molecule has 2 unspecified atom stereocenters. The number of rotatable bonds is 4. The number of aliphatic hydroxyl groups is 2. The summed E-state index contributed by atoms with van der Waals surface area (Å²) in [6.45, 7) is 0. The molecule has 8 nitrogen and oxygen atoms in total. The van der Waals surface area contributed by atoms with Crippen molar-refractivity contribution < 1.29 is 14.9 Å². The molecule has 1 aliphatic heterocycles. The van der Waals surface area contributed by atoms with Crippen LogP contribution in [-0.2, 0) is 4.74 Å². The zero-order valence-corrected chi connectivity index (χ0v) is 16.1. The Hall–Kier alpha value is -2.72. The van der Waals surface area contributed by atoms with E-state index in [0.29, 0.717) is 16.9 Å². The molecule has 0 spiro atoms. The number of hydrogen-bond acceptors (Lipinski definition) is 8. The Morgan fingerprint density at radius 3 is 2.72 bits per heavy atom. The van der Waals surface area contributed by atoms with Crippen molar-refractivity contribution >= 4 is 39.5 Å². The van der Waals surface area contributed by atoms with E-state index in [-0.39, 0.29) is 5.82 Å². The molecule has 2 aromatic heterocycles. The minimum Gasteiger partial charge on any atom is -0.387 e. The predicted molar refractivity (Wildman–Crippen MR) is 110 cm³/mol. The van der Waals surface area contributed by atoms with Gasteiger partial charge in [-0.3, -0.25) is 4.57 Å². The summed E-state index contributed by atoms with van der Waals surface area (Å²) < 4.78 is 7.57. The summed E-state index contributed by atoms with van der Waals surface area (Å²) in [5, 5.41) is 23.4. The first-order valence-electron chi connectivity index (χ1n) is 9.18. The number of hydrogen-bond donors (Lipinski definition) is 3. The Kier molecular flexibility index (Phi) is 4.59. The van der Waals surface area contributed by atoms with Gasteiger partial charge in [0, 0.05) is 10.6 Å². The molecular formula is C20H19N5O3S. The smallest absolute Gasteiger partial charge is 0.167 e. The number of imidazole rings is 1. The summed E-state index contributed by atoms with van der Waals surface area (Å²) in [5.41, 5.74) is 6.72. The van der Waals surface area contributed by atoms with Crippen molar-refractivity contribution in [2.45, 2.75) is 29.4 Å². The molecule has 0 radical (unpaired) electrons. The molecule has 29 heavy (non-hydrogen) atoms. The molecule has 4 N–H and O–H groups in total. The standard InChI is InChI=1S/C20H19N5O3S/c21-18-15-19(23-9-22-18)25(10-24-15)20-17(27)16(26)14(28-20)8-29-13-6-5-11-3-1-2-4-12(11)7-13/h1-7,9-10,14,16-17,20,26-27H,8H2,(H2,21,22,23)/t14?,16-,17-,20?/m1/s1. The van der Waals surface area contributed by atoms with Crippen molar-refractivity contribution in [3.63, 3.8) is 0 Å². The number of nitrogens with zero attached hydrogens (tertiary/aromatic N) is 4. The summed E-state index contributed by atoms with van der Waals surface area (Å²) in [5.74, 6) is 0.752. The van der Waals surface area contributed by atoms with Crippen LogP contribution in [0, 0.1) is 0 Å². The van der Waals surface area contributed by atoms with Gasteiger partial charge in [-0.2, -0.15) is 0 Å². The third-order valence-electron chi connectivity index (χ3n) is 5.13. The molecule has 1 saturated heterocycles. The molecule has 148 valence electrons. The van der Waals surface area contributed by atoms with Gasteiger partial charge in [-0.1, -0.05) is 30.3 Å². The SMILES string of the molecule is Nc1ncnc2c1ncn2C1OC(CSc2ccc3ccccc3c2)[C@@H](O)[C@H]1O. The summed E-state index contributed by atoms with van der Waals surface area (Å²) in [6.07, 6.45) is -0.638. The van der Waals surface area contributed by atoms with Crippen LogP contribution in [0.3, 0.4) is 0 Å². The first kappa shape index (κ1) is 18.3. The van der Waals surface area contributed by atoms with Crippen LogP contribution in [0.15, 0.2) is 60.0 Å².